The van der Waals surface area contributed by atoms with Gasteiger partial charge in [-0.15, -0.1) is 0 Å². The number of amides is 2. The number of hydrogen-bond acceptors (Lipinski definition) is 3. The van der Waals surface area contributed by atoms with E-state index in [4.69, 9.17) is 5.11 Å². The van der Waals surface area contributed by atoms with Crippen molar-refractivity contribution < 1.29 is 14.7 Å². The van der Waals surface area contributed by atoms with Crippen molar-refractivity contribution in [2.45, 2.75) is 59.5 Å². The lowest BCUT2D eigenvalue weighted by Crippen LogP contribution is -2.50. The largest absolute Gasteiger partial charge is 0.481 e. The van der Waals surface area contributed by atoms with Gasteiger partial charge in [-0.2, -0.15) is 11.8 Å². The molecule has 20 heavy (non-hydrogen) atoms. The minimum absolute atomic E-state index is 0.0724. The van der Waals surface area contributed by atoms with E-state index in [-0.39, 0.29) is 23.9 Å². The molecule has 0 saturated carbocycles. The molecule has 0 aromatic rings. The van der Waals surface area contributed by atoms with Crippen molar-refractivity contribution in [3.05, 3.63) is 0 Å². The Morgan fingerprint density at radius 1 is 1.25 bits per heavy atom. The van der Waals surface area contributed by atoms with Crippen molar-refractivity contribution >= 4 is 23.8 Å². The molecule has 0 spiro atoms. The molecular formula is C14H28N2O3S. The summed E-state index contributed by atoms with van der Waals surface area (Å²) in [5.41, 5.74) is -0.295. The van der Waals surface area contributed by atoms with Crippen LogP contribution in [0, 0.1) is 5.41 Å². The lowest BCUT2D eigenvalue weighted by Gasteiger charge is -2.30. The summed E-state index contributed by atoms with van der Waals surface area (Å²) in [5, 5.41) is 14.5. The molecule has 0 bridgehead atoms. The summed E-state index contributed by atoms with van der Waals surface area (Å²) in [6.45, 7) is 9.82. The average molecular weight is 304 g/mol. The van der Waals surface area contributed by atoms with Crippen molar-refractivity contribution in [1.82, 2.24) is 10.6 Å². The van der Waals surface area contributed by atoms with E-state index in [1.165, 1.54) is 0 Å². The average Bonchev–Trinajstić information content (AvgIpc) is 2.26. The number of rotatable bonds is 8. The van der Waals surface area contributed by atoms with Crippen LogP contribution < -0.4 is 10.6 Å². The predicted molar refractivity (Wildman–Crippen MR) is 84.2 cm³/mol. The fourth-order valence-corrected chi connectivity index (χ4v) is 2.46. The number of urea groups is 1. The van der Waals surface area contributed by atoms with Crippen LogP contribution in [0.15, 0.2) is 0 Å². The third kappa shape index (κ3) is 9.07. The van der Waals surface area contributed by atoms with Crippen LogP contribution in [0.2, 0.25) is 0 Å². The van der Waals surface area contributed by atoms with Crippen molar-refractivity contribution in [2.24, 2.45) is 5.41 Å². The quantitative estimate of drug-likeness (QED) is 0.602. The van der Waals surface area contributed by atoms with Gasteiger partial charge in [-0.1, -0.05) is 27.7 Å². The second-order valence-corrected chi connectivity index (χ2v) is 7.41. The first-order valence-electron chi connectivity index (χ1n) is 7.03. The number of hydrogen-bond donors (Lipinski definition) is 3. The zero-order chi connectivity index (χ0) is 15.8. The fourth-order valence-electron chi connectivity index (χ4n) is 1.65. The minimum atomic E-state index is -0.905. The van der Waals surface area contributed by atoms with Gasteiger partial charge >= 0.3 is 12.0 Å². The van der Waals surface area contributed by atoms with E-state index in [9.17, 15) is 9.59 Å². The van der Waals surface area contributed by atoms with Gasteiger partial charge in [0.25, 0.3) is 0 Å². The number of carbonyl (C=O) groups excluding carboxylic acids is 1. The van der Waals surface area contributed by atoms with E-state index in [1.807, 2.05) is 39.5 Å². The summed E-state index contributed by atoms with van der Waals surface area (Å²) in [5.74, 6) is 1.18. The SMILES string of the molecule is CCSCCC(C)NC(=O)NC(CC(=O)O)C(C)(C)C. The molecule has 0 fully saturated rings. The first-order valence-corrected chi connectivity index (χ1v) is 8.18. The minimum Gasteiger partial charge on any atom is -0.481 e. The van der Waals surface area contributed by atoms with Gasteiger partial charge in [0, 0.05) is 12.1 Å². The summed E-state index contributed by atoms with van der Waals surface area (Å²) in [6, 6.07) is -0.600. The van der Waals surface area contributed by atoms with Crippen LogP contribution in [0.3, 0.4) is 0 Å². The summed E-state index contributed by atoms with van der Waals surface area (Å²) in [7, 11) is 0. The molecule has 2 unspecified atom stereocenters. The Bertz CT molecular complexity index is 316. The number of carboxylic acids is 1. The zero-order valence-corrected chi connectivity index (χ0v) is 14.0. The van der Waals surface area contributed by atoms with E-state index in [0.717, 1.165) is 17.9 Å². The smallest absolute Gasteiger partial charge is 0.315 e. The molecule has 0 radical (unpaired) electrons. The summed E-state index contributed by atoms with van der Waals surface area (Å²) >= 11 is 1.84. The van der Waals surface area contributed by atoms with Crippen LogP contribution in [-0.4, -0.2) is 40.7 Å². The third-order valence-corrected chi connectivity index (χ3v) is 3.94. The maximum atomic E-state index is 11.9. The molecule has 2 atom stereocenters. The summed E-state index contributed by atoms with van der Waals surface area (Å²) < 4.78 is 0. The van der Waals surface area contributed by atoms with Gasteiger partial charge in [-0.25, -0.2) is 4.79 Å². The topological polar surface area (TPSA) is 78.4 Å². The highest BCUT2D eigenvalue weighted by Crippen LogP contribution is 2.21. The van der Waals surface area contributed by atoms with E-state index in [0.29, 0.717) is 0 Å². The molecule has 0 aromatic carbocycles. The molecule has 2 amide bonds. The lowest BCUT2D eigenvalue weighted by molar-refractivity contribution is -0.138. The highest BCUT2D eigenvalue weighted by Gasteiger charge is 2.28. The Balaban J connectivity index is 4.28. The van der Waals surface area contributed by atoms with E-state index in [1.54, 1.807) is 0 Å². The van der Waals surface area contributed by atoms with Crippen molar-refractivity contribution in [3.8, 4) is 0 Å². The first kappa shape index (κ1) is 19.1. The number of thioether (sulfide) groups is 1. The van der Waals surface area contributed by atoms with Gasteiger partial charge in [-0.3, -0.25) is 4.79 Å². The number of aliphatic carboxylic acids is 1. The normalized spacial score (nSPS) is 14.4. The van der Waals surface area contributed by atoms with Crippen molar-refractivity contribution in [2.75, 3.05) is 11.5 Å². The van der Waals surface area contributed by atoms with Crippen LogP contribution in [0.4, 0.5) is 4.79 Å². The van der Waals surface area contributed by atoms with Crippen LogP contribution >= 0.6 is 11.8 Å². The molecule has 0 saturated heterocycles. The number of carbonyl (C=O) groups is 2. The van der Waals surface area contributed by atoms with Crippen LogP contribution in [0.1, 0.15) is 47.5 Å². The molecule has 6 heteroatoms. The first-order chi connectivity index (χ1) is 9.16. The molecule has 0 aliphatic carbocycles. The molecule has 0 heterocycles. The van der Waals surface area contributed by atoms with Gasteiger partial charge in [-0.05, 0) is 30.3 Å². The Kier molecular flexibility index (Phi) is 8.69. The van der Waals surface area contributed by atoms with Gasteiger partial charge in [0.1, 0.15) is 0 Å². The summed E-state index contributed by atoms with van der Waals surface area (Å²) in [6.07, 6.45) is 0.835. The predicted octanol–water partition coefficient (Wildman–Crippen LogP) is 2.71. The van der Waals surface area contributed by atoms with Gasteiger partial charge in [0.2, 0.25) is 0 Å². The van der Waals surface area contributed by atoms with Crippen LogP contribution in [0.5, 0.6) is 0 Å². The maximum Gasteiger partial charge on any atom is 0.315 e. The Labute approximate surface area is 126 Å². The molecule has 0 aliphatic rings. The summed E-state index contributed by atoms with van der Waals surface area (Å²) in [4.78, 5) is 22.8. The lowest BCUT2D eigenvalue weighted by atomic mass is 9.85. The number of nitrogens with one attached hydrogen (secondary N) is 2. The Morgan fingerprint density at radius 2 is 1.85 bits per heavy atom. The van der Waals surface area contributed by atoms with Gasteiger partial charge in [0.15, 0.2) is 0 Å². The highest BCUT2D eigenvalue weighted by atomic mass is 32.2. The molecule has 5 nitrogen and oxygen atoms in total. The fraction of sp³-hybridized carbons (Fsp3) is 0.857. The molecule has 0 rings (SSSR count). The molecule has 118 valence electrons. The van der Waals surface area contributed by atoms with Gasteiger partial charge in [0.05, 0.1) is 6.42 Å². The highest BCUT2D eigenvalue weighted by molar-refractivity contribution is 7.99. The Morgan fingerprint density at radius 3 is 2.30 bits per heavy atom. The monoisotopic (exact) mass is 304 g/mol. The molecule has 3 N–H and O–H groups in total. The molecule has 0 aliphatic heterocycles. The zero-order valence-electron chi connectivity index (χ0n) is 13.2. The van der Waals surface area contributed by atoms with E-state index < -0.39 is 12.0 Å². The van der Waals surface area contributed by atoms with E-state index in [2.05, 4.69) is 17.6 Å². The third-order valence-electron chi connectivity index (χ3n) is 3.01. The second-order valence-electron chi connectivity index (χ2n) is 6.02. The number of carboxylic acid groups (broad SMARTS) is 1. The van der Waals surface area contributed by atoms with Crippen LogP contribution in [0.25, 0.3) is 0 Å². The molecular weight excluding hydrogens is 276 g/mol. The van der Waals surface area contributed by atoms with E-state index >= 15 is 0 Å². The van der Waals surface area contributed by atoms with Crippen LogP contribution in [-0.2, 0) is 4.79 Å². The van der Waals surface area contributed by atoms with Crippen molar-refractivity contribution in [3.63, 3.8) is 0 Å². The Hall–Kier alpha value is -0.910. The second kappa shape index (κ2) is 9.10. The van der Waals surface area contributed by atoms with Gasteiger partial charge < -0.3 is 15.7 Å². The maximum absolute atomic E-state index is 11.9. The van der Waals surface area contributed by atoms with Crippen molar-refractivity contribution in [1.29, 1.82) is 0 Å². The standard InChI is InChI=1S/C14H28N2O3S/c1-6-20-8-7-10(2)15-13(19)16-11(9-12(17)18)14(3,4)5/h10-11H,6-9H2,1-5H3,(H,17,18)(H2,15,16,19). The molecule has 0 aromatic heterocycles.